The smallest absolute Gasteiger partial charge is 0.0671 e. The van der Waals surface area contributed by atoms with Crippen LogP contribution in [0.5, 0.6) is 0 Å². The van der Waals surface area contributed by atoms with E-state index in [2.05, 4.69) is 22.3 Å². The first-order valence-corrected chi connectivity index (χ1v) is 7.06. The Morgan fingerprint density at radius 1 is 1.29 bits per heavy atom. The maximum absolute atomic E-state index is 6.25. The van der Waals surface area contributed by atoms with E-state index < -0.39 is 0 Å². The van der Waals surface area contributed by atoms with Crippen molar-refractivity contribution < 1.29 is 0 Å². The molecule has 0 aliphatic carbocycles. The number of pyridine rings is 1. The molecule has 0 bridgehead atoms. The summed E-state index contributed by atoms with van der Waals surface area (Å²) >= 11 is 0. The molecule has 0 fully saturated rings. The van der Waals surface area contributed by atoms with Crippen molar-refractivity contribution in [3.05, 3.63) is 48.0 Å². The second-order valence-corrected chi connectivity index (χ2v) is 5.11. The summed E-state index contributed by atoms with van der Waals surface area (Å²) < 4.78 is 1.85. The Morgan fingerprint density at radius 2 is 2.14 bits per heavy atom. The molecule has 0 aliphatic rings. The fraction of sp³-hybridized carbons (Fsp3) is 0.250. The number of nitrogen functional groups attached to an aromatic ring is 1. The highest BCUT2D eigenvalue weighted by Crippen LogP contribution is 2.28. The molecular weight excluding hydrogens is 262 g/mol. The van der Waals surface area contributed by atoms with Gasteiger partial charge >= 0.3 is 0 Å². The Balaban J connectivity index is 1.86. The Morgan fingerprint density at radius 3 is 2.95 bits per heavy atom. The van der Waals surface area contributed by atoms with Gasteiger partial charge in [-0.3, -0.25) is 9.67 Å². The number of aromatic nitrogens is 3. The monoisotopic (exact) mass is 281 g/mol. The molecule has 0 unspecified atom stereocenters. The number of nitrogens with one attached hydrogen (secondary N) is 1. The van der Waals surface area contributed by atoms with Crippen molar-refractivity contribution in [2.45, 2.75) is 19.9 Å². The summed E-state index contributed by atoms with van der Waals surface area (Å²) in [5.74, 6) is 0. The van der Waals surface area contributed by atoms with Crippen LogP contribution in [0, 0.1) is 0 Å². The molecule has 0 radical (unpaired) electrons. The fourth-order valence-corrected chi connectivity index (χ4v) is 2.57. The van der Waals surface area contributed by atoms with Crippen molar-refractivity contribution >= 4 is 22.1 Å². The summed E-state index contributed by atoms with van der Waals surface area (Å²) in [7, 11) is 1.94. The molecule has 0 atom stereocenters. The minimum absolute atomic E-state index is 0.720. The van der Waals surface area contributed by atoms with E-state index >= 15 is 0 Å². The number of aryl methyl sites for hydroxylation is 2. The van der Waals surface area contributed by atoms with Crippen LogP contribution in [-0.4, -0.2) is 14.8 Å². The van der Waals surface area contributed by atoms with Crippen LogP contribution in [0.25, 0.3) is 10.8 Å². The molecule has 2 heterocycles. The van der Waals surface area contributed by atoms with Gasteiger partial charge in [-0.1, -0.05) is 13.0 Å². The first kappa shape index (κ1) is 13.4. The van der Waals surface area contributed by atoms with Crippen molar-refractivity contribution in [3.63, 3.8) is 0 Å². The highest BCUT2D eigenvalue weighted by atomic mass is 15.3. The minimum atomic E-state index is 0.720. The first-order chi connectivity index (χ1) is 10.2. The zero-order chi connectivity index (χ0) is 14.8. The van der Waals surface area contributed by atoms with E-state index in [1.165, 1.54) is 5.56 Å². The molecule has 108 valence electrons. The molecular formula is C16H19N5. The molecule has 2 aromatic heterocycles. The van der Waals surface area contributed by atoms with Crippen LogP contribution in [0.1, 0.15) is 18.2 Å². The fourth-order valence-electron chi connectivity index (χ4n) is 2.57. The van der Waals surface area contributed by atoms with Crippen LogP contribution in [-0.2, 0) is 20.0 Å². The molecule has 0 saturated heterocycles. The zero-order valence-electron chi connectivity index (χ0n) is 12.3. The highest BCUT2D eigenvalue weighted by Gasteiger charge is 2.08. The van der Waals surface area contributed by atoms with E-state index in [4.69, 9.17) is 5.73 Å². The molecule has 0 saturated carbocycles. The van der Waals surface area contributed by atoms with Gasteiger partial charge in [0.2, 0.25) is 0 Å². The van der Waals surface area contributed by atoms with Crippen LogP contribution in [0.15, 0.2) is 36.8 Å². The van der Waals surface area contributed by atoms with Gasteiger partial charge in [-0.25, -0.2) is 0 Å². The number of hydrogen-bond acceptors (Lipinski definition) is 4. The predicted molar refractivity (Wildman–Crippen MR) is 86.1 cm³/mol. The molecule has 3 rings (SSSR count). The second-order valence-electron chi connectivity index (χ2n) is 5.11. The molecule has 0 spiro atoms. The van der Waals surface area contributed by atoms with Gasteiger partial charge in [0.05, 0.1) is 17.1 Å². The Bertz CT molecular complexity index is 775. The van der Waals surface area contributed by atoms with E-state index in [1.54, 1.807) is 6.20 Å². The van der Waals surface area contributed by atoms with E-state index in [0.29, 0.717) is 0 Å². The van der Waals surface area contributed by atoms with Gasteiger partial charge in [0.15, 0.2) is 0 Å². The molecule has 3 N–H and O–H groups in total. The lowest BCUT2D eigenvalue weighted by atomic mass is 10.1. The lowest BCUT2D eigenvalue weighted by molar-refractivity contribution is 0.746. The number of nitrogens with zero attached hydrogens (tertiary/aromatic N) is 3. The SMILES string of the molecule is CCc1nn(C)cc1CNc1ccc2cnccc2c1N. The quantitative estimate of drug-likeness (QED) is 0.721. The average Bonchev–Trinajstić information content (AvgIpc) is 2.87. The van der Waals surface area contributed by atoms with Gasteiger partial charge < -0.3 is 11.1 Å². The normalized spacial score (nSPS) is 11.0. The minimum Gasteiger partial charge on any atom is -0.397 e. The summed E-state index contributed by atoms with van der Waals surface area (Å²) in [5.41, 5.74) is 10.3. The van der Waals surface area contributed by atoms with Crippen molar-refractivity contribution in [2.24, 2.45) is 7.05 Å². The molecule has 1 aromatic carbocycles. The third-order valence-electron chi connectivity index (χ3n) is 3.66. The number of nitrogens with two attached hydrogens (primary N) is 1. The van der Waals surface area contributed by atoms with Crippen LogP contribution >= 0.6 is 0 Å². The molecule has 5 nitrogen and oxygen atoms in total. The summed E-state index contributed by atoms with van der Waals surface area (Å²) in [4.78, 5) is 4.12. The first-order valence-electron chi connectivity index (χ1n) is 7.06. The summed E-state index contributed by atoms with van der Waals surface area (Å²) in [6, 6.07) is 5.98. The van der Waals surface area contributed by atoms with Gasteiger partial charge in [0.25, 0.3) is 0 Å². The maximum Gasteiger partial charge on any atom is 0.0671 e. The van der Waals surface area contributed by atoms with Gasteiger partial charge in [0, 0.05) is 48.5 Å². The number of hydrogen-bond donors (Lipinski definition) is 2. The molecule has 0 aliphatic heterocycles. The Labute approximate surface area is 123 Å². The van der Waals surface area contributed by atoms with E-state index in [1.807, 2.05) is 42.3 Å². The van der Waals surface area contributed by atoms with Crippen molar-refractivity contribution in [3.8, 4) is 0 Å². The largest absolute Gasteiger partial charge is 0.397 e. The molecule has 0 amide bonds. The van der Waals surface area contributed by atoms with Gasteiger partial charge in [-0.2, -0.15) is 5.10 Å². The predicted octanol–water partition coefficient (Wildman–Crippen LogP) is 2.73. The summed E-state index contributed by atoms with van der Waals surface area (Å²) in [6.07, 6.45) is 6.56. The van der Waals surface area contributed by atoms with Gasteiger partial charge in [0.1, 0.15) is 0 Å². The summed E-state index contributed by atoms with van der Waals surface area (Å²) in [6.45, 7) is 2.83. The number of fused-ring (bicyclic) bond motifs is 1. The van der Waals surface area contributed by atoms with Crippen LogP contribution < -0.4 is 11.1 Å². The topological polar surface area (TPSA) is 68.8 Å². The van der Waals surface area contributed by atoms with Crippen LogP contribution in [0.4, 0.5) is 11.4 Å². The number of anilines is 2. The standard InChI is InChI=1S/C16H19N5/c1-3-14-12(10-21(2)20-14)9-19-15-5-4-11-8-18-7-6-13(11)16(15)17/h4-8,10,19H,3,9,17H2,1-2H3. The van der Waals surface area contributed by atoms with Crippen molar-refractivity contribution in [1.82, 2.24) is 14.8 Å². The molecule has 5 heteroatoms. The van der Waals surface area contributed by atoms with Crippen molar-refractivity contribution in [2.75, 3.05) is 11.1 Å². The van der Waals surface area contributed by atoms with E-state index in [0.717, 1.165) is 40.8 Å². The lowest BCUT2D eigenvalue weighted by Gasteiger charge is -2.11. The third-order valence-corrected chi connectivity index (χ3v) is 3.66. The van der Waals surface area contributed by atoms with E-state index in [-0.39, 0.29) is 0 Å². The lowest BCUT2D eigenvalue weighted by Crippen LogP contribution is -2.04. The summed E-state index contributed by atoms with van der Waals surface area (Å²) in [5, 5.41) is 9.94. The van der Waals surface area contributed by atoms with Gasteiger partial charge in [-0.15, -0.1) is 0 Å². The average molecular weight is 281 g/mol. The number of benzene rings is 1. The van der Waals surface area contributed by atoms with Crippen LogP contribution in [0.3, 0.4) is 0 Å². The third kappa shape index (κ3) is 2.54. The number of rotatable bonds is 4. The zero-order valence-corrected chi connectivity index (χ0v) is 12.3. The molecule has 3 aromatic rings. The Hall–Kier alpha value is -2.56. The van der Waals surface area contributed by atoms with Crippen molar-refractivity contribution in [1.29, 1.82) is 0 Å². The van der Waals surface area contributed by atoms with Crippen LogP contribution in [0.2, 0.25) is 0 Å². The highest BCUT2D eigenvalue weighted by molar-refractivity contribution is 5.98. The Kier molecular flexibility index (Phi) is 3.48. The molecule has 21 heavy (non-hydrogen) atoms. The van der Waals surface area contributed by atoms with Gasteiger partial charge in [-0.05, 0) is 18.6 Å². The maximum atomic E-state index is 6.25. The second kappa shape index (κ2) is 5.44. The van der Waals surface area contributed by atoms with E-state index in [9.17, 15) is 0 Å².